The fourth-order valence-electron chi connectivity index (χ4n) is 2.92. The van der Waals surface area contributed by atoms with Crippen molar-refractivity contribution in [2.24, 2.45) is 0 Å². The molecule has 1 fully saturated rings. The number of nitrogens with one attached hydrogen (secondary N) is 1. The van der Waals surface area contributed by atoms with Gasteiger partial charge in [-0.05, 0) is 54.8 Å². The molecule has 1 saturated heterocycles. The Labute approximate surface area is 170 Å². The van der Waals surface area contributed by atoms with Crippen LogP contribution in [0, 0.1) is 0 Å². The van der Waals surface area contributed by atoms with E-state index in [-0.39, 0.29) is 30.7 Å². The lowest BCUT2D eigenvalue weighted by molar-refractivity contribution is -0.121. The number of carbonyl (C=O) groups is 3. The molecule has 0 atom stereocenters. The number of imide groups is 1. The predicted molar refractivity (Wildman–Crippen MR) is 108 cm³/mol. The molecule has 9 heteroatoms. The zero-order valence-corrected chi connectivity index (χ0v) is 16.2. The Bertz CT molecular complexity index is 1060. The molecule has 3 aromatic rings. The van der Waals surface area contributed by atoms with Gasteiger partial charge in [0.2, 0.25) is 17.7 Å². The largest absolute Gasteiger partial charge is 0.403 e. The molecular formula is C20H16N4O4S. The van der Waals surface area contributed by atoms with Crippen LogP contribution in [-0.2, 0) is 9.59 Å². The standard InChI is InChI=1S/C20H16N4O4S/c1-29-15-8-4-13(5-9-15)19-22-23-20(28-19)21-18(27)12-2-6-14(7-3-12)24-16(25)10-11-17(24)26/h2-9H,10-11H2,1H3,(H,21,23,27). The maximum absolute atomic E-state index is 12.4. The minimum absolute atomic E-state index is 0.0204. The third-order valence-corrected chi connectivity index (χ3v) is 5.17. The Morgan fingerprint density at radius 3 is 2.28 bits per heavy atom. The van der Waals surface area contributed by atoms with Crippen LogP contribution in [0.4, 0.5) is 11.7 Å². The normalized spacial score (nSPS) is 13.8. The highest BCUT2D eigenvalue weighted by molar-refractivity contribution is 7.98. The summed E-state index contributed by atoms with van der Waals surface area (Å²) in [6.45, 7) is 0. The van der Waals surface area contributed by atoms with Gasteiger partial charge in [0, 0.05) is 28.9 Å². The highest BCUT2D eigenvalue weighted by Gasteiger charge is 2.30. The maximum atomic E-state index is 12.4. The number of carbonyl (C=O) groups excluding carboxylic acids is 3. The second-order valence-electron chi connectivity index (χ2n) is 6.26. The second kappa shape index (κ2) is 7.88. The summed E-state index contributed by atoms with van der Waals surface area (Å²) in [7, 11) is 0. The van der Waals surface area contributed by atoms with Crippen molar-refractivity contribution in [3.05, 3.63) is 54.1 Å². The maximum Gasteiger partial charge on any atom is 0.322 e. The second-order valence-corrected chi connectivity index (χ2v) is 7.14. The Balaban J connectivity index is 1.45. The smallest absolute Gasteiger partial charge is 0.322 e. The minimum Gasteiger partial charge on any atom is -0.403 e. The molecule has 0 bridgehead atoms. The molecule has 1 aliphatic rings. The first-order valence-corrected chi connectivity index (χ1v) is 10.0. The zero-order chi connectivity index (χ0) is 20.4. The molecule has 1 N–H and O–H groups in total. The molecule has 4 rings (SSSR count). The van der Waals surface area contributed by atoms with E-state index >= 15 is 0 Å². The van der Waals surface area contributed by atoms with Crippen LogP contribution in [0.15, 0.2) is 57.8 Å². The topological polar surface area (TPSA) is 105 Å². The van der Waals surface area contributed by atoms with E-state index in [2.05, 4.69) is 15.5 Å². The van der Waals surface area contributed by atoms with Crippen molar-refractivity contribution in [1.82, 2.24) is 10.2 Å². The lowest BCUT2D eigenvalue weighted by Crippen LogP contribution is -2.28. The van der Waals surface area contributed by atoms with E-state index in [1.54, 1.807) is 23.9 Å². The lowest BCUT2D eigenvalue weighted by Gasteiger charge is -2.13. The number of benzene rings is 2. The molecule has 8 nitrogen and oxygen atoms in total. The fourth-order valence-corrected chi connectivity index (χ4v) is 3.33. The predicted octanol–water partition coefficient (Wildman–Crippen LogP) is 3.36. The summed E-state index contributed by atoms with van der Waals surface area (Å²) in [5, 5.41) is 10.3. The summed E-state index contributed by atoms with van der Waals surface area (Å²) in [6, 6.07) is 13.8. The summed E-state index contributed by atoms with van der Waals surface area (Å²) in [5.74, 6) is -0.620. The number of rotatable bonds is 5. The number of aromatic nitrogens is 2. The van der Waals surface area contributed by atoms with Gasteiger partial charge in [0.15, 0.2) is 0 Å². The first-order chi connectivity index (χ1) is 14.0. The number of anilines is 2. The van der Waals surface area contributed by atoms with Crippen LogP contribution in [0.2, 0.25) is 0 Å². The molecule has 0 unspecified atom stereocenters. The summed E-state index contributed by atoms with van der Waals surface area (Å²) in [5.41, 5.74) is 1.53. The average molecular weight is 408 g/mol. The van der Waals surface area contributed by atoms with Crippen LogP contribution in [0.1, 0.15) is 23.2 Å². The van der Waals surface area contributed by atoms with Gasteiger partial charge in [0.25, 0.3) is 5.91 Å². The van der Waals surface area contributed by atoms with Crippen LogP contribution < -0.4 is 10.2 Å². The van der Waals surface area contributed by atoms with E-state index in [1.807, 2.05) is 30.5 Å². The van der Waals surface area contributed by atoms with Gasteiger partial charge in [-0.3, -0.25) is 24.6 Å². The average Bonchev–Trinajstić information content (AvgIpc) is 3.34. The lowest BCUT2D eigenvalue weighted by atomic mass is 10.2. The van der Waals surface area contributed by atoms with E-state index in [0.717, 1.165) is 15.4 Å². The van der Waals surface area contributed by atoms with Crippen molar-refractivity contribution < 1.29 is 18.8 Å². The van der Waals surface area contributed by atoms with Gasteiger partial charge in [-0.25, -0.2) is 0 Å². The number of amides is 3. The quantitative estimate of drug-likeness (QED) is 0.510. The molecule has 0 aliphatic carbocycles. The van der Waals surface area contributed by atoms with Crippen molar-refractivity contribution in [3.63, 3.8) is 0 Å². The highest BCUT2D eigenvalue weighted by Crippen LogP contribution is 2.25. The molecule has 1 aromatic heterocycles. The van der Waals surface area contributed by atoms with Gasteiger partial charge in [0.05, 0.1) is 5.69 Å². The minimum atomic E-state index is -0.441. The molecule has 146 valence electrons. The SMILES string of the molecule is CSc1ccc(-c2nnc(NC(=O)c3ccc(N4C(=O)CCC4=O)cc3)o2)cc1. The van der Waals surface area contributed by atoms with Gasteiger partial charge < -0.3 is 4.42 Å². The first-order valence-electron chi connectivity index (χ1n) is 8.80. The monoisotopic (exact) mass is 408 g/mol. The molecule has 2 heterocycles. The van der Waals surface area contributed by atoms with E-state index in [9.17, 15) is 14.4 Å². The summed E-state index contributed by atoms with van der Waals surface area (Å²) in [4.78, 5) is 38.3. The van der Waals surface area contributed by atoms with Gasteiger partial charge in [-0.2, -0.15) is 0 Å². The summed E-state index contributed by atoms with van der Waals surface area (Å²) in [6.07, 6.45) is 2.41. The molecule has 0 spiro atoms. The van der Waals surface area contributed by atoms with Crippen LogP contribution in [0.25, 0.3) is 11.5 Å². The number of thioether (sulfide) groups is 1. The zero-order valence-electron chi connectivity index (χ0n) is 15.4. The van der Waals surface area contributed by atoms with Crippen LogP contribution in [0.3, 0.4) is 0 Å². The molecule has 0 radical (unpaired) electrons. The molecule has 3 amide bonds. The van der Waals surface area contributed by atoms with Crippen molar-refractivity contribution >= 4 is 41.2 Å². The van der Waals surface area contributed by atoms with E-state index in [0.29, 0.717) is 17.1 Å². The number of hydrogen-bond donors (Lipinski definition) is 1. The van der Waals surface area contributed by atoms with Crippen LogP contribution in [-0.4, -0.2) is 34.2 Å². The van der Waals surface area contributed by atoms with Crippen molar-refractivity contribution in [3.8, 4) is 11.5 Å². The van der Waals surface area contributed by atoms with Crippen molar-refractivity contribution in [2.45, 2.75) is 17.7 Å². The van der Waals surface area contributed by atoms with Gasteiger partial charge in [0.1, 0.15) is 0 Å². The van der Waals surface area contributed by atoms with Gasteiger partial charge >= 0.3 is 6.01 Å². The molecule has 0 saturated carbocycles. The van der Waals surface area contributed by atoms with Crippen molar-refractivity contribution in [1.29, 1.82) is 0 Å². The van der Waals surface area contributed by atoms with E-state index in [4.69, 9.17) is 4.42 Å². The Hall–Kier alpha value is -3.46. The number of hydrogen-bond acceptors (Lipinski definition) is 7. The highest BCUT2D eigenvalue weighted by atomic mass is 32.2. The van der Waals surface area contributed by atoms with Crippen molar-refractivity contribution in [2.75, 3.05) is 16.5 Å². The van der Waals surface area contributed by atoms with E-state index in [1.165, 1.54) is 12.1 Å². The Morgan fingerprint density at radius 1 is 1.00 bits per heavy atom. The summed E-state index contributed by atoms with van der Waals surface area (Å²) < 4.78 is 5.51. The third kappa shape index (κ3) is 3.90. The molecule has 2 aromatic carbocycles. The molecule has 29 heavy (non-hydrogen) atoms. The van der Waals surface area contributed by atoms with Gasteiger partial charge in [-0.1, -0.05) is 5.10 Å². The number of nitrogens with zero attached hydrogens (tertiary/aromatic N) is 3. The third-order valence-electron chi connectivity index (χ3n) is 4.42. The van der Waals surface area contributed by atoms with Crippen LogP contribution >= 0.6 is 11.8 Å². The Morgan fingerprint density at radius 2 is 1.66 bits per heavy atom. The van der Waals surface area contributed by atoms with Crippen LogP contribution in [0.5, 0.6) is 0 Å². The fraction of sp³-hybridized carbons (Fsp3) is 0.150. The van der Waals surface area contributed by atoms with Gasteiger partial charge in [-0.15, -0.1) is 16.9 Å². The Kier molecular flexibility index (Phi) is 5.13. The molecule has 1 aliphatic heterocycles. The summed E-state index contributed by atoms with van der Waals surface area (Å²) >= 11 is 1.63. The first kappa shape index (κ1) is 18.9. The van der Waals surface area contributed by atoms with E-state index < -0.39 is 5.91 Å². The molecular weight excluding hydrogens is 392 g/mol.